The lowest BCUT2D eigenvalue weighted by molar-refractivity contribution is 0.122. The molecule has 1 aliphatic rings. The first-order valence-corrected chi connectivity index (χ1v) is 11.7. The van der Waals surface area contributed by atoms with Gasteiger partial charge in [0.1, 0.15) is 12.1 Å². The summed E-state index contributed by atoms with van der Waals surface area (Å²) in [5.74, 6) is -0.544. The van der Waals surface area contributed by atoms with E-state index in [1.54, 1.807) is 23.8 Å². The molecule has 4 aromatic rings. The number of halogens is 1. The predicted molar refractivity (Wildman–Crippen MR) is 137 cm³/mol. The van der Waals surface area contributed by atoms with E-state index in [4.69, 9.17) is 4.74 Å². The zero-order valence-corrected chi connectivity index (χ0v) is 19.9. The number of fused-ring (bicyclic) bond motifs is 1. The van der Waals surface area contributed by atoms with Crippen molar-refractivity contribution in [1.29, 1.82) is 0 Å². The molecule has 0 N–H and O–H groups in total. The number of nitrogens with zero attached hydrogens (tertiary/aromatic N) is 4. The van der Waals surface area contributed by atoms with Crippen molar-refractivity contribution in [2.45, 2.75) is 12.8 Å². The summed E-state index contributed by atoms with van der Waals surface area (Å²) in [6.07, 6.45) is 3.12. The first-order chi connectivity index (χ1) is 17.0. The van der Waals surface area contributed by atoms with Gasteiger partial charge in [0.2, 0.25) is 5.56 Å². The summed E-state index contributed by atoms with van der Waals surface area (Å²) in [4.78, 5) is 23.4. The SMILES string of the molecule is C=Cc1cc(F)c(-c2ncnc3cc(N4CCOCC4)ccc23)cc1C(C)c1cccc(=O)n1C. The molecule has 0 bridgehead atoms. The molecule has 0 saturated carbocycles. The van der Waals surface area contributed by atoms with Gasteiger partial charge in [0.05, 0.1) is 24.4 Å². The van der Waals surface area contributed by atoms with Crippen LogP contribution in [0.25, 0.3) is 28.2 Å². The second-order valence-corrected chi connectivity index (χ2v) is 8.76. The fourth-order valence-corrected chi connectivity index (χ4v) is 4.79. The summed E-state index contributed by atoms with van der Waals surface area (Å²) >= 11 is 0. The number of aromatic nitrogens is 3. The Hall–Kier alpha value is -3.84. The van der Waals surface area contributed by atoms with E-state index in [9.17, 15) is 4.79 Å². The van der Waals surface area contributed by atoms with Crippen molar-refractivity contribution in [3.63, 3.8) is 0 Å². The lowest BCUT2D eigenvalue weighted by atomic mass is 9.89. The van der Waals surface area contributed by atoms with E-state index in [-0.39, 0.29) is 17.3 Å². The molecule has 1 aliphatic heterocycles. The van der Waals surface area contributed by atoms with Gasteiger partial charge in [-0.3, -0.25) is 4.79 Å². The van der Waals surface area contributed by atoms with E-state index in [1.807, 2.05) is 37.3 Å². The molecule has 35 heavy (non-hydrogen) atoms. The molecule has 6 nitrogen and oxygen atoms in total. The normalized spacial score (nSPS) is 14.8. The topological polar surface area (TPSA) is 60.2 Å². The molecule has 1 saturated heterocycles. The van der Waals surface area contributed by atoms with Gasteiger partial charge in [-0.05, 0) is 47.5 Å². The molecular weight excluding hydrogens is 443 g/mol. The average Bonchev–Trinajstić information content (AvgIpc) is 2.89. The van der Waals surface area contributed by atoms with Crippen molar-refractivity contribution < 1.29 is 9.13 Å². The van der Waals surface area contributed by atoms with Crippen molar-refractivity contribution in [3.8, 4) is 11.3 Å². The highest BCUT2D eigenvalue weighted by Crippen LogP contribution is 2.35. The minimum absolute atomic E-state index is 0.0882. The molecule has 178 valence electrons. The van der Waals surface area contributed by atoms with Crippen LogP contribution in [-0.2, 0) is 11.8 Å². The van der Waals surface area contributed by atoms with E-state index < -0.39 is 0 Å². The number of ether oxygens (including phenoxy) is 1. The van der Waals surface area contributed by atoms with Crippen LogP contribution in [0, 0.1) is 5.82 Å². The first kappa shape index (κ1) is 22.9. The van der Waals surface area contributed by atoms with Crippen LogP contribution in [0.1, 0.15) is 29.7 Å². The number of hydrogen-bond acceptors (Lipinski definition) is 5. The van der Waals surface area contributed by atoms with Crippen LogP contribution in [0.3, 0.4) is 0 Å². The Morgan fingerprint density at radius 1 is 1.11 bits per heavy atom. The number of pyridine rings is 1. The highest BCUT2D eigenvalue weighted by Gasteiger charge is 2.20. The van der Waals surface area contributed by atoms with Crippen molar-refractivity contribution in [2.75, 3.05) is 31.2 Å². The van der Waals surface area contributed by atoms with Gasteiger partial charge in [-0.2, -0.15) is 0 Å². The molecule has 1 atom stereocenters. The molecular formula is C28H27FN4O2. The zero-order chi connectivity index (χ0) is 24.5. The van der Waals surface area contributed by atoms with Gasteiger partial charge in [-0.15, -0.1) is 0 Å². The molecule has 2 aromatic carbocycles. The Morgan fingerprint density at radius 3 is 2.69 bits per heavy atom. The third-order valence-electron chi connectivity index (χ3n) is 6.78. The van der Waals surface area contributed by atoms with Crippen LogP contribution in [0.15, 0.2) is 66.2 Å². The van der Waals surface area contributed by atoms with E-state index in [0.29, 0.717) is 30.0 Å². The highest BCUT2D eigenvalue weighted by molar-refractivity contribution is 5.94. The van der Waals surface area contributed by atoms with Crippen LogP contribution in [0.5, 0.6) is 0 Å². The van der Waals surface area contributed by atoms with Crippen molar-refractivity contribution in [3.05, 3.63) is 94.4 Å². The first-order valence-electron chi connectivity index (χ1n) is 11.7. The second-order valence-electron chi connectivity index (χ2n) is 8.76. The second kappa shape index (κ2) is 9.43. The maximum atomic E-state index is 15.4. The van der Waals surface area contributed by atoms with Crippen molar-refractivity contribution in [2.24, 2.45) is 7.05 Å². The zero-order valence-electron chi connectivity index (χ0n) is 19.9. The summed E-state index contributed by atoms with van der Waals surface area (Å²) in [5, 5.41) is 0.778. The smallest absolute Gasteiger partial charge is 0.250 e. The minimum atomic E-state index is -0.380. The van der Waals surface area contributed by atoms with E-state index in [1.165, 1.54) is 18.5 Å². The molecule has 7 heteroatoms. The Labute approximate surface area is 203 Å². The van der Waals surface area contributed by atoms with Crippen molar-refractivity contribution in [1.82, 2.24) is 14.5 Å². The third-order valence-corrected chi connectivity index (χ3v) is 6.78. The fourth-order valence-electron chi connectivity index (χ4n) is 4.79. The van der Waals surface area contributed by atoms with Gasteiger partial charge < -0.3 is 14.2 Å². The van der Waals surface area contributed by atoms with Crippen molar-refractivity contribution >= 4 is 22.7 Å². The largest absolute Gasteiger partial charge is 0.378 e. The predicted octanol–water partition coefficient (Wildman–Crippen LogP) is 4.77. The summed E-state index contributed by atoms with van der Waals surface area (Å²) in [5.41, 5.74) is 5.04. The third kappa shape index (κ3) is 4.23. The summed E-state index contributed by atoms with van der Waals surface area (Å²) in [6, 6.07) is 14.5. The van der Waals surface area contributed by atoms with Crippen LogP contribution in [-0.4, -0.2) is 40.8 Å². The van der Waals surface area contributed by atoms with E-state index in [0.717, 1.165) is 40.9 Å². The van der Waals surface area contributed by atoms with Crippen LogP contribution in [0.2, 0.25) is 0 Å². The molecule has 0 aliphatic carbocycles. The molecule has 5 rings (SSSR count). The maximum Gasteiger partial charge on any atom is 0.250 e. The van der Waals surface area contributed by atoms with E-state index in [2.05, 4.69) is 21.4 Å². The summed E-state index contributed by atoms with van der Waals surface area (Å²) in [6.45, 7) is 8.93. The van der Waals surface area contributed by atoms with Gasteiger partial charge in [0.15, 0.2) is 0 Å². The van der Waals surface area contributed by atoms with Gasteiger partial charge in [0.25, 0.3) is 0 Å². The molecule has 0 radical (unpaired) electrons. The Morgan fingerprint density at radius 2 is 1.91 bits per heavy atom. The Bertz CT molecular complexity index is 1470. The number of anilines is 1. The van der Waals surface area contributed by atoms with Gasteiger partial charge in [0, 0.05) is 54.5 Å². The molecule has 1 unspecified atom stereocenters. The maximum absolute atomic E-state index is 15.4. The Balaban J connectivity index is 1.63. The van der Waals surface area contributed by atoms with Gasteiger partial charge in [-0.25, -0.2) is 14.4 Å². The minimum Gasteiger partial charge on any atom is -0.378 e. The van der Waals surface area contributed by atoms with Crippen LogP contribution < -0.4 is 10.5 Å². The Kier molecular flexibility index (Phi) is 6.17. The van der Waals surface area contributed by atoms with Gasteiger partial charge in [-0.1, -0.05) is 25.6 Å². The fraction of sp³-hybridized carbons (Fsp3) is 0.250. The van der Waals surface area contributed by atoms with Crippen LogP contribution in [0.4, 0.5) is 10.1 Å². The number of benzene rings is 2. The number of hydrogen-bond donors (Lipinski definition) is 0. The van der Waals surface area contributed by atoms with E-state index >= 15 is 4.39 Å². The average molecular weight is 471 g/mol. The molecule has 0 amide bonds. The van der Waals surface area contributed by atoms with Crippen LogP contribution >= 0.6 is 0 Å². The lowest BCUT2D eigenvalue weighted by Gasteiger charge is -2.29. The molecule has 1 fully saturated rings. The standard InChI is InChI=1S/C28H27FN4O2/c1-4-19-14-24(29)23(16-22(19)18(2)26-6-5-7-27(34)32(26)3)28-21-9-8-20(15-25(21)30-17-31-28)33-10-12-35-13-11-33/h4-9,14-18H,1,10-13H2,2-3H3. The molecule has 2 aromatic heterocycles. The van der Waals surface area contributed by atoms with Gasteiger partial charge >= 0.3 is 0 Å². The number of morpholine rings is 1. The monoisotopic (exact) mass is 470 g/mol. The lowest BCUT2D eigenvalue weighted by Crippen LogP contribution is -2.36. The highest BCUT2D eigenvalue weighted by atomic mass is 19.1. The molecule has 3 heterocycles. The quantitative estimate of drug-likeness (QED) is 0.421. The molecule has 0 spiro atoms. The summed E-state index contributed by atoms with van der Waals surface area (Å²) < 4.78 is 22.5. The number of rotatable bonds is 5. The summed E-state index contributed by atoms with van der Waals surface area (Å²) in [7, 11) is 1.75.